The quantitative estimate of drug-likeness (QED) is 0.843. The van der Waals surface area contributed by atoms with Crippen LogP contribution in [0, 0.1) is 0 Å². The lowest BCUT2D eigenvalue weighted by Gasteiger charge is -2.32. The maximum Gasteiger partial charge on any atom is 0.311 e. The number of aliphatic carboxylic acids is 1. The molecule has 0 aliphatic carbocycles. The summed E-state index contributed by atoms with van der Waals surface area (Å²) < 4.78 is 5.75. The van der Waals surface area contributed by atoms with Gasteiger partial charge in [-0.1, -0.05) is 6.07 Å². The third kappa shape index (κ3) is 2.05. The second-order valence-electron chi connectivity index (χ2n) is 5.39. The summed E-state index contributed by atoms with van der Waals surface area (Å²) in [5.74, 6) is -0.412. The molecule has 0 spiro atoms. The molecule has 1 N–H and O–H groups in total. The molecule has 1 aromatic carbocycles. The minimum atomic E-state index is -0.737. The van der Waals surface area contributed by atoms with Crippen LogP contribution in [0.5, 0.6) is 5.75 Å². The minimum absolute atomic E-state index is 0.437. The number of anilines is 1. The van der Waals surface area contributed by atoms with Crippen molar-refractivity contribution in [2.75, 3.05) is 25.1 Å². The lowest BCUT2D eigenvalue weighted by Crippen LogP contribution is -2.27. The molecular formula is C15H19NO3. The highest BCUT2D eigenvalue weighted by molar-refractivity contribution is 5.82. The molecule has 0 radical (unpaired) electrons. The predicted molar refractivity (Wildman–Crippen MR) is 73.1 cm³/mol. The Morgan fingerprint density at radius 3 is 3.05 bits per heavy atom. The van der Waals surface area contributed by atoms with E-state index in [-0.39, 0.29) is 0 Å². The highest BCUT2D eigenvalue weighted by atomic mass is 16.5. The van der Waals surface area contributed by atoms with Gasteiger partial charge in [-0.2, -0.15) is 0 Å². The Hall–Kier alpha value is -1.71. The Kier molecular flexibility index (Phi) is 3.09. The van der Waals surface area contributed by atoms with Crippen LogP contribution in [0.25, 0.3) is 0 Å². The molecule has 19 heavy (non-hydrogen) atoms. The second kappa shape index (κ2) is 4.76. The van der Waals surface area contributed by atoms with E-state index >= 15 is 0 Å². The summed E-state index contributed by atoms with van der Waals surface area (Å²) in [6, 6.07) is 4.04. The molecule has 2 heterocycles. The summed E-state index contributed by atoms with van der Waals surface area (Å²) >= 11 is 0. The van der Waals surface area contributed by atoms with Crippen molar-refractivity contribution in [3.05, 3.63) is 23.3 Å². The van der Waals surface area contributed by atoms with Gasteiger partial charge in [0, 0.05) is 24.8 Å². The molecular weight excluding hydrogens is 242 g/mol. The Bertz CT molecular complexity index is 512. The molecule has 2 aliphatic heterocycles. The molecule has 1 aromatic rings. The third-order valence-electron chi connectivity index (χ3n) is 4.12. The smallest absolute Gasteiger partial charge is 0.311 e. The zero-order valence-electron chi connectivity index (χ0n) is 11.2. The van der Waals surface area contributed by atoms with Gasteiger partial charge in [-0.25, -0.2) is 0 Å². The average Bonchev–Trinajstić information content (AvgIpc) is 2.60. The van der Waals surface area contributed by atoms with Gasteiger partial charge in [0.05, 0.1) is 12.5 Å². The summed E-state index contributed by atoms with van der Waals surface area (Å²) in [6.07, 6.45) is 3.61. The number of carbonyl (C=O) groups is 1. The number of fused-ring (bicyclic) bond motifs is 3. The van der Waals surface area contributed by atoms with E-state index < -0.39 is 11.9 Å². The molecule has 0 fully saturated rings. The van der Waals surface area contributed by atoms with Crippen LogP contribution in [0.3, 0.4) is 0 Å². The first kappa shape index (κ1) is 12.3. The molecule has 0 saturated heterocycles. The molecule has 1 atom stereocenters. The Morgan fingerprint density at radius 1 is 1.42 bits per heavy atom. The molecule has 1 unspecified atom stereocenters. The fourth-order valence-corrected chi connectivity index (χ4v) is 3.23. The van der Waals surface area contributed by atoms with Gasteiger partial charge in [-0.05, 0) is 37.3 Å². The summed E-state index contributed by atoms with van der Waals surface area (Å²) in [7, 11) is 2.04. The van der Waals surface area contributed by atoms with E-state index in [1.165, 1.54) is 5.56 Å². The zero-order valence-corrected chi connectivity index (χ0v) is 11.2. The zero-order chi connectivity index (χ0) is 13.4. The number of carboxylic acids is 1. The normalized spacial score (nSPS) is 21.9. The fraction of sp³-hybridized carbons (Fsp3) is 0.533. The van der Waals surface area contributed by atoms with Crippen molar-refractivity contribution in [2.45, 2.75) is 31.6 Å². The lowest BCUT2D eigenvalue weighted by molar-refractivity contribution is -0.138. The summed E-state index contributed by atoms with van der Waals surface area (Å²) in [5.41, 5.74) is 3.24. The standard InChI is InChI=1S/C15H19NO3/c1-16-8-2-4-10-6-7-12-13(14(10)16)11(15(17)18)5-3-9-19-12/h6-7,11H,2-5,8-9H2,1H3,(H,17,18). The average molecular weight is 261 g/mol. The van der Waals surface area contributed by atoms with Gasteiger partial charge in [-0.15, -0.1) is 0 Å². The van der Waals surface area contributed by atoms with Gasteiger partial charge in [0.2, 0.25) is 0 Å². The number of aryl methyl sites for hydroxylation is 1. The Balaban J connectivity index is 2.19. The predicted octanol–water partition coefficient (Wildman–Crippen LogP) is 2.41. The van der Waals surface area contributed by atoms with Crippen LogP contribution in [0.4, 0.5) is 5.69 Å². The van der Waals surface area contributed by atoms with E-state index in [2.05, 4.69) is 11.0 Å². The van der Waals surface area contributed by atoms with Crippen molar-refractivity contribution in [3.8, 4) is 5.75 Å². The number of nitrogens with zero attached hydrogens (tertiary/aromatic N) is 1. The van der Waals surface area contributed by atoms with Gasteiger partial charge in [0.25, 0.3) is 0 Å². The van der Waals surface area contributed by atoms with Crippen LogP contribution in [0.15, 0.2) is 12.1 Å². The van der Waals surface area contributed by atoms with Crippen LogP contribution < -0.4 is 9.64 Å². The minimum Gasteiger partial charge on any atom is -0.493 e. The van der Waals surface area contributed by atoms with Crippen molar-refractivity contribution in [3.63, 3.8) is 0 Å². The molecule has 0 saturated carbocycles. The van der Waals surface area contributed by atoms with Crippen molar-refractivity contribution < 1.29 is 14.6 Å². The molecule has 3 rings (SSSR count). The van der Waals surface area contributed by atoms with Gasteiger partial charge in [0.1, 0.15) is 5.75 Å². The van der Waals surface area contributed by atoms with E-state index in [4.69, 9.17) is 4.74 Å². The van der Waals surface area contributed by atoms with Crippen LogP contribution in [-0.4, -0.2) is 31.3 Å². The van der Waals surface area contributed by atoms with Gasteiger partial charge in [-0.3, -0.25) is 4.79 Å². The van der Waals surface area contributed by atoms with E-state index in [1.54, 1.807) is 0 Å². The van der Waals surface area contributed by atoms with Crippen molar-refractivity contribution in [2.24, 2.45) is 0 Å². The van der Waals surface area contributed by atoms with Crippen LogP contribution in [0.1, 0.15) is 36.3 Å². The van der Waals surface area contributed by atoms with Crippen LogP contribution in [0.2, 0.25) is 0 Å². The Labute approximate surface area is 113 Å². The molecule has 0 amide bonds. The van der Waals surface area contributed by atoms with Crippen LogP contribution in [-0.2, 0) is 11.2 Å². The van der Waals surface area contributed by atoms with Gasteiger partial charge in [0.15, 0.2) is 0 Å². The molecule has 4 nitrogen and oxygen atoms in total. The first-order valence-corrected chi connectivity index (χ1v) is 6.91. The van der Waals surface area contributed by atoms with Crippen molar-refractivity contribution >= 4 is 11.7 Å². The molecule has 0 bridgehead atoms. The van der Waals surface area contributed by atoms with E-state index in [9.17, 15) is 9.90 Å². The first-order chi connectivity index (χ1) is 9.18. The van der Waals surface area contributed by atoms with E-state index in [0.29, 0.717) is 13.0 Å². The lowest BCUT2D eigenvalue weighted by atomic mass is 9.88. The summed E-state index contributed by atoms with van der Waals surface area (Å²) in [6.45, 7) is 1.59. The van der Waals surface area contributed by atoms with E-state index in [1.807, 2.05) is 13.1 Å². The number of hydrogen-bond donors (Lipinski definition) is 1. The summed E-state index contributed by atoms with van der Waals surface area (Å²) in [5, 5.41) is 9.52. The van der Waals surface area contributed by atoms with Crippen molar-refractivity contribution in [1.82, 2.24) is 0 Å². The number of benzene rings is 1. The topological polar surface area (TPSA) is 49.8 Å². The third-order valence-corrected chi connectivity index (χ3v) is 4.12. The first-order valence-electron chi connectivity index (χ1n) is 6.91. The SMILES string of the molecule is CN1CCCc2ccc3c(c21)C(C(=O)O)CCCO3. The van der Waals surface area contributed by atoms with E-state index in [0.717, 1.165) is 42.8 Å². The Morgan fingerprint density at radius 2 is 2.26 bits per heavy atom. The number of rotatable bonds is 1. The molecule has 102 valence electrons. The maximum absolute atomic E-state index is 11.6. The number of ether oxygens (including phenoxy) is 1. The highest BCUT2D eigenvalue weighted by Crippen LogP contribution is 2.43. The summed E-state index contributed by atoms with van der Waals surface area (Å²) in [4.78, 5) is 13.8. The van der Waals surface area contributed by atoms with Gasteiger partial charge < -0.3 is 14.7 Å². The molecule has 0 aromatic heterocycles. The molecule has 2 aliphatic rings. The van der Waals surface area contributed by atoms with Crippen molar-refractivity contribution in [1.29, 1.82) is 0 Å². The maximum atomic E-state index is 11.6. The van der Waals surface area contributed by atoms with Gasteiger partial charge >= 0.3 is 5.97 Å². The molecule has 4 heteroatoms. The second-order valence-corrected chi connectivity index (χ2v) is 5.39. The van der Waals surface area contributed by atoms with Crippen LogP contribution >= 0.6 is 0 Å². The fourth-order valence-electron chi connectivity index (χ4n) is 3.23. The largest absolute Gasteiger partial charge is 0.493 e. The monoisotopic (exact) mass is 261 g/mol. The number of carboxylic acid groups (broad SMARTS) is 1. The number of hydrogen-bond acceptors (Lipinski definition) is 3. The highest BCUT2D eigenvalue weighted by Gasteiger charge is 2.32.